The molecule has 51 heavy (non-hydrogen) atoms. The first-order valence-corrected chi connectivity index (χ1v) is 19.7. The van der Waals surface area contributed by atoms with E-state index in [4.69, 9.17) is 50.3 Å². The van der Waals surface area contributed by atoms with E-state index in [1.807, 2.05) is 45.0 Å². The number of amidine groups is 1. The Morgan fingerprint density at radius 3 is 2.02 bits per heavy atom. The molecule has 0 saturated carbocycles. The van der Waals surface area contributed by atoms with Crippen molar-refractivity contribution in [3.8, 4) is 5.75 Å². The topological polar surface area (TPSA) is 126 Å². The predicted octanol–water partition coefficient (Wildman–Crippen LogP) is 7.43. The maximum atomic E-state index is 15.2. The van der Waals surface area contributed by atoms with Gasteiger partial charge in [0.15, 0.2) is 0 Å². The first-order chi connectivity index (χ1) is 24.2. The molecule has 0 spiro atoms. The fraction of sp³-hybridized carbons (Fsp3) is 0.432. The zero-order chi connectivity index (χ0) is 36.7. The molecule has 0 radical (unpaired) electrons. The van der Waals surface area contributed by atoms with Crippen molar-refractivity contribution in [2.75, 3.05) is 32.8 Å². The molecule has 0 aliphatic carbocycles. The lowest BCUT2D eigenvalue weighted by Crippen LogP contribution is -2.59. The summed E-state index contributed by atoms with van der Waals surface area (Å²) < 4.78 is 35.6. The van der Waals surface area contributed by atoms with Crippen LogP contribution in [0.25, 0.3) is 0 Å². The number of likely N-dealkylation sites (tertiary alicyclic amines) is 1. The molecule has 3 aliphatic heterocycles. The van der Waals surface area contributed by atoms with Gasteiger partial charge in [0.2, 0.25) is 15.9 Å². The van der Waals surface area contributed by atoms with Crippen molar-refractivity contribution in [3.05, 3.63) is 92.4 Å². The molecular weight excluding hydrogens is 733 g/mol. The van der Waals surface area contributed by atoms with Crippen molar-refractivity contribution in [3.63, 3.8) is 0 Å². The van der Waals surface area contributed by atoms with Crippen molar-refractivity contribution in [1.29, 1.82) is 0 Å². The zero-order valence-corrected chi connectivity index (χ0v) is 32.0. The number of hydrogen-bond acceptors (Lipinski definition) is 6. The van der Waals surface area contributed by atoms with Gasteiger partial charge in [0.25, 0.3) is 0 Å². The molecule has 3 amide bonds. The van der Waals surface area contributed by atoms with Crippen molar-refractivity contribution in [2.45, 2.75) is 68.8 Å². The van der Waals surface area contributed by atoms with E-state index in [2.05, 4.69) is 0 Å². The summed E-state index contributed by atoms with van der Waals surface area (Å²) in [5, 5.41) is 1.08. The summed E-state index contributed by atoms with van der Waals surface area (Å²) in [6.07, 6.45) is 2.97. The third-order valence-electron chi connectivity index (χ3n) is 10.6. The van der Waals surface area contributed by atoms with Gasteiger partial charge in [0.1, 0.15) is 27.6 Å². The lowest BCUT2D eigenvalue weighted by molar-refractivity contribution is -0.119. The summed E-state index contributed by atoms with van der Waals surface area (Å²) in [7, 11) is -3.99. The van der Waals surface area contributed by atoms with Crippen LogP contribution in [0.4, 0.5) is 4.79 Å². The molecule has 2 fully saturated rings. The van der Waals surface area contributed by atoms with Gasteiger partial charge in [-0.2, -0.15) is 4.31 Å². The van der Waals surface area contributed by atoms with E-state index >= 15 is 4.79 Å². The minimum absolute atomic E-state index is 0.0167. The Bertz CT molecular complexity index is 1950. The molecular formula is C37H42Cl3N5O5S. The van der Waals surface area contributed by atoms with Crippen molar-refractivity contribution in [2.24, 2.45) is 16.6 Å². The number of ether oxygens (including phenoxy) is 1. The second-order valence-corrected chi connectivity index (χ2v) is 16.8. The maximum Gasteiger partial charge on any atom is 0.326 e. The van der Waals surface area contributed by atoms with Crippen LogP contribution in [0.5, 0.6) is 5.75 Å². The standard InChI is InChI=1S/C37H42Cl3N5O5S/c1-4-50-31-23-30(40)32(51(48,49)44-17-5-6-18-44)22-29(31)34-42-36(2,25-7-11-27(38)12-8-25)37(3,26-9-13-28(39)14-10-26)45(34)35(47)43-19-15-24(16-20-43)21-33(41)46/h7-14,22-24H,4-6,15-21H2,1-3H3,(H2,41,46). The van der Waals surface area contributed by atoms with Crippen LogP contribution in [-0.2, 0) is 25.9 Å². The maximum absolute atomic E-state index is 15.2. The minimum atomic E-state index is -3.99. The molecule has 0 aromatic heterocycles. The van der Waals surface area contributed by atoms with E-state index in [0.29, 0.717) is 60.4 Å². The predicted molar refractivity (Wildman–Crippen MR) is 200 cm³/mol. The van der Waals surface area contributed by atoms with Gasteiger partial charge in [-0.15, -0.1) is 0 Å². The molecule has 2 atom stereocenters. The lowest BCUT2D eigenvalue weighted by atomic mass is 9.71. The highest BCUT2D eigenvalue weighted by Crippen LogP contribution is 2.54. The van der Waals surface area contributed by atoms with Crippen molar-refractivity contribution in [1.82, 2.24) is 14.1 Å². The number of amides is 3. The highest BCUT2D eigenvalue weighted by molar-refractivity contribution is 7.89. The Morgan fingerprint density at radius 1 is 0.902 bits per heavy atom. The number of nitrogens with two attached hydrogens (primary N) is 1. The highest BCUT2D eigenvalue weighted by Gasteiger charge is 2.60. The van der Waals surface area contributed by atoms with Gasteiger partial charge in [0.05, 0.1) is 17.2 Å². The van der Waals surface area contributed by atoms with E-state index in [1.54, 1.807) is 34.1 Å². The normalized spacial score (nSPS) is 23.1. The second kappa shape index (κ2) is 14.6. The number of nitrogens with zero attached hydrogens (tertiary/aromatic N) is 4. The summed E-state index contributed by atoms with van der Waals surface area (Å²) in [4.78, 5) is 35.7. The van der Waals surface area contributed by atoms with Crippen LogP contribution < -0.4 is 10.5 Å². The molecule has 3 aromatic rings. The van der Waals surface area contributed by atoms with Crippen LogP contribution in [0.2, 0.25) is 15.1 Å². The molecule has 3 heterocycles. The number of benzene rings is 3. The van der Waals surface area contributed by atoms with Gasteiger partial charge in [-0.05, 0) is 93.8 Å². The zero-order valence-electron chi connectivity index (χ0n) is 28.9. The van der Waals surface area contributed by atoms with Gasteiger partial charge in [-0.3, -0.25) is 14.7 Å². The van der Waals surface area contributed by atoms with E-state index in [1.165, 1.54) is 16.4 Å². The molecule has 3 aliphatic rings. The van der Waals surface area contributed by atoms with E-state index in [0.717, 1.165) is 24.0 Å². The summed E-state index contributed by atoms with van der Waals surface area (Å²) in [6, 6.07) is 17.3. The SMILES string of the molecule is CCOc1cc(Cl)c(S(=O)(=O)N2CCCC2)cc1C1=NC(C)(c2ccc(Cl)cc2)C(C)(c2ccc(Cl)cc2)N1C(=O)N1CCC(CC(N)=O)CC1. The molecule has 10 nitrogen and oxygen atoms in total. The molecule has 2 saturated heterocycles. The van der Waals surface area contributed by atoms with Crippen molar-refractivity contribution < 1.29 is 22.7 Å². The van der Waals surface area contributed by atoms with Gasteiger partial charge in [-0.25, -0.2) is 13.2 Å². The van der Waals surface area contributed by atoms with E-state index in [9.17, 15) is 13.2 Å². The van der Waals surface area contributed by atoms with Crippen LogP contribution >= 0.6 is 34.8 Å². The third kappa shape index (κ3) is 6.83. The second-order valence-electron chi connectivity index (χ2n) is 13.6. The first-order valence-electron chi connectivity index (χ1n) is 17.2. The summed E-state index contributed by atoms with van der Waals surface area (Å²) >= 11 is 19.5. The van der Waals surface area contributed by atoms with Gasteiger partial charge in [-0.1, -0.05) is 59.1 Å². The molecule has 272 valence electrons. The Labute approximate surface area is 314 Å². The smallest absolute Gasteiger partial charge is 0.326 e. The first kappa shape index (κ1) is 37.4. The van der Waals surface area contributed by atoms with Crippen LogP contribution in [0.15, 0.2) is 70.6 Å². The quantitative estimate of drug-likeness (QED) is 0.242. The molecule has 6 rings (SSSR count). The average Bonchev–Trinajstić information content (AvgIpc) is 3.72. The number of carbonyl (C=O) groups excluding carboxylic acids is 2. The highest BCUT2D eigenvalue weighted by atomic mass is 35.5. The number of halogens is 3. The Balaban J connectivity index is 1.60. The third-order valence-corrected chi connectivity index (χ3v) is 13.4. The average molecular weight is 775 g/mol. The number of piperidine rings is 1. The molecule has 3 aromatic carbocycles. The summed E-state index contributed by atoms with van der Waals surface area (Å²) in [6.45, 7) is 7.54. The Morgan fingerprint density at radius 2 is 1.47 bits per heavy atom. The van der Waals surface area contributed by atoms with Crippen LogP contribution in [0.1, 0.15) is 69.6 Å². The summed E-state index contributed by atoms with van der Waals surface area (Å²) in [5.41, 5.74) is 5.01. The van der Waals surface area contributed by atoms with E-state index < -0.39 is 21.1 Å². The van der Waals surface area contributed by atoms with Crippen LogP contribution in [-0.4, -0.2) is 73.1 Å². The van der Waals surface area contributed by atoms with Gasteiger partial charge < -0.3 is 15.4 Å². The molecule has 14 heteroatoms. The number of carbonyl (C=O) groups is 2. The number of hydrogen-bond donors (Lipinski definition) is 1. The molecule has 0 bridgehead atoms. The van der Waals surface area contributed by atoms with Crippen LogP contribution in [0.3, 0.4) is 0 Å². The summed E-state index contributed by atoms with van der Waals surface area (Å²) in [5.74, 6) is 0.221. The minimum Gasteiger partial charge on any atom is -0.493 e. The van der Waals surface area contributed by atoms with E-state index in [-0.39, 0.29) is 46.6 Å². The Kier molecular flexibility index (Phi) is 10.7. The number of aliphatic imine (C=N–C) groups is 1. The lowest BCUT2D eigenvalue weighted by Gasteiger charge is -2.47. The number of urea groups is 1. The number of rotatable bonds is 9. The number of sulfonamides is 1. The van der Waals surface area contributed by atoms with Gasteiger partial charge >= 0.3 is 6.03 Å². The fourth-order valence-electron chi connectivity index (χ4n) is 7.57. The molecule has 2 N–H and O–H groups in total. The molecule has 2 unspecified atom stereocenters. The van der Waals surface area contributed by atoms with Gasteiger partial charge in [0, 0.05) is 48.7 Å². The largest absolute Gasteiger partial charge is 0.493 e. The Hall–Kier alpha value is -3.35. The number of primary amides is 1. The van der Waals surface area contributed by atoms with Crippen molar-refractivity contribution >= 4 is 62.6 Å². The fourth-order valence-corrected chi connectivity index (χ4v) is 9.86. The van der Waals surface area contributed by atoms with Crippen LogP contribution in [0, 0.1) is 5.92 Å². The monoisotopic (exact) mass is 773 g/mol.